The minimum Gasteiger partial charge on any atom is -0.549 e. The summed E-state index contributed by atoms with van der Waals surface area (Å²) in [6.45, 7) is 1.76. The summed E-state index contributed by atoms with van der Waals surface area (Å²) in [5.41, 5.74) is 1.02. The average molecular weight is 258 g/mol. The van der Waals surface area contributed by atoms with Crippen molar-refractivity contribution < 1.29 is 19.5 Å². The Bertz CT molecular complexity index is 541. The molecule has 0 aliphatic carbocycles. The molecule has 0 saturated carbocycles. The van der Waals surface area contributed by atoms with Crippen molar-refractivity contribution in [2.24, 2.45) is 0 Å². The molecule has 1 aromatic carbocycles. The number of carbonyl (C=O) groups is 3. The molecule has 98 valence electrons. The molecule has 1 aliphatic rings. The Morgan fingerprint density at radius 2 is 1.68 bits per heavy atom. The largest absolute Gasteiger partial charge is 0.549 e. The van der Waals surface area contributed by atoms with Crippen molar-refractivity contribution in [3.8, 4) is 0 Å². The third kappa shape index (κ3) is 2.40. The molecule has 5 nitrogen and oxygen atoms in total. The van der Waals surface area contributed by atoms with Crippen molar-refractivity contribution in [1.29, 1.82) is 0 Å². The number of hydrogen-bond acceptors (Lipinski definition) is 4. The Labute approximate surface area is 110 Å². The Kier molecular flexibility index (Phi) is 3.46. The SMILES string of the molecule is CCC(C(=O)[O-])c1ccc(N2C(=O)C=CC2=O)cc1. The zero-order chi connectivity index (χ0) is 14.0. The van der Waals surface area contributed by atoms with Gasteiger partial charge in [0.25, 0.3) is 11.8 Å². The second-order valence-electron chi connectivity index (χ2n) is 4.22. The van der Waals surface area contributed by atoms with Crippen LogP contribution >= 0.6 is 0 Å². The van der Waals surface area contributed by atoms with E-state index >= 15 is 0 Å². The highest BCUT2D eigenvalue weighted by molar-refractivity contribution is 6.28. The predicted octanol–water partition coefficient (Wildman–Crippen LogP) is 0.359. The van der Waals surface area contributed by atoms with Crippen molar-refractivity contribution in [2.45, 2.75) is 19.3 Å². The van der Waals surface area contributed by atoms with Crippen LogP contribution in [0.15, 0.2) is 36.4 Å². The van der Waals surface area contributed by atoms with E-state index in [4.69, 9.17) is 0 Å². The number of rotatable bonds is 4. The van der Waals surface area contributed by atoms with Gasteiger partial charge in [-0.05, 0) is 24.1 Å². The number of carboxylic acids is 1. The zero-order valence-electron chi connectivity index (χ0n) is 10.3. The monoisotopic (exact) mass is 258 g/mol. The number of benzene rings is 1. The number of nitrogens with zero attached hydrogens (tertiary/aromatic N) is 1. The maximum Gasteiger partial charge on any atom is 0.258 e. The van der Waals surface area contributed by atoms with Gasteiger partial charge in [-0.2, -0.15) is 0 Å². The van der Waals surface area contributed by atoms with Crippen LogP contribution in [0.1, 0.15) is 24.8 Å². The summed E-state index contributed by atoms with van der Waals surface area (Å²) in [6, 6.07) is 6.31. The molecular weight excluding hydrogens is 246 g/mol. The molecule has 1 heterocycles. The Hall–Kier alpha value is -2.43. The molecule has 5 heteroatoms. The topological polar surface area (TPSA) is 77.5 Å². The molecule has 0 spiro atoms. The summed E-state index contributed by atoms with van der Waals surface area (Å²) in [6.07, 6.45) is 2.82. The van der Waals surface area contributed by atoms with Crippen molar-refractivity contribution in [1.82, 2.24) is 0 Å². The van der Waals surface area contributed by atoms with Gasteiger partial charge in [-0.1, -0.05) is 19.1 Å². The van der Waals surface area contributed by atoms with Crippen molar-refractivity contribution >= 4 is 23.5 Å². The molecule has 0 aromatic heterocycles. The number of amides is 2. The Morgan fingerprint density at radius 1 is 1.16 bits per heavy atom. The molecule has 2 rings (SSSR count). The summed E-state index contributed by atoms with van der Waals surface area (Å²) >= 11 is 0. The Balaban J connectivity index is 2.26. The zero-order valence-corrected chi connectivity index (χ0v) is 10.3. The minimum atomic E-state index is -1.13. The normalized spacial score (nSPS) is 15.9. The van der Waals surface area contributed by atoms with Crippen molar-refractivity contribution in [3.63, 3.8) is 0 Å². The lowest BCUT2D eigenvalue weighted by Gasteiger charge is -2.18. The van der Waals surface area contributed by atoms with Crippen LogP contribution in [-0.2, 0) is 14.4 Å². The highest BCUT2D eigenvalue weighted by Gasteiger charge is 2.25. The minimum absolute atomic E-state index is 0.398. The second kappa shape index (κ2) is 5.06. The summed E-state index contributed by atoms with van der Waals surface area (Å²) in [5, 5.41) is 10.9. The van der Waals surface area contributed by atoms with Gasteiger partial charge in [0.05, 0.1) is 5.69 Å². The van der Waals surface area contributed by atoms with E-state index in [1.54, 1.807) is 31.2 Å². The van der Waals surface area contributed by atoms with Gasteiger partial charge in [-0.25, -0.2) is 4.90 Å². The summed E-state index contributed by atoms with van der Waals surface area (Å²) in [5.74, 6) is -2.61. The number of carboxylic acid groups (broad SMARTS) is 1. The molecule has 0 saturated heterocycles. The highest BCUT2D eigenvalue weighted by Crippen LogP contribution is 2.24. The molecule has 2 amide bonds. The third-order valence-corrected chi connectivity index (χ3v) is 3.06. The van der Waals surface area contributed by atoms with Gasteiger partial charge >= 0.3 is 0 Å². The fourth-order valence-corrected chi connectivity index (χ4v) is 2.05. The first-order chi connectivity index (χ1) is 9.04. The van der Waals surface area contributed by atoms with Crippen molar-refractivity contribution in [2.75, 3.05) is 4.90 Å². The van der Waals surface area contributed by atoms with E-state index in [0.29, 0.717) is 17.7 Å². The maximum absolute atomic E-state index is 11.5. The summed E-state index contributed by atoms with van der Waals surface area (Å²) in [4.78, 5) is 34.9. The predicted molar refractivity (Wildman–Crippen MR) is 66.1 cm³/mol. The van der Waals surface area contributed by atoms with Crippen LogP contribution in [-0.4, -0.2) is 17.8 Å². The lowest BCUT2D eigenvalue weighted by atomic mass is 9.96. The molecule has 0 fully saturated rings. The van der Waals surface area contributed by atoms with Gasteiger partial charge in [0.15, 0.2) is 0 Å². The van der Waals surface area contributed by atoms with Crippen LogP contribution in [0.4, 0.5) is 5.69 Å². The van der Waals surface area contributed by atoms with E-state index in [1.165, 1.54) is 12.2 Å². The molecule has 0 N–H and O–H groups in total. The quantitative estimate of drug-likeness (QED) is 0.730. The van der Waals surface area contributed by atoms with Gasteiger partial charge in [-0.15, -0.1) is 0 Å². The van der Waals surface area contributed by atoms with Gasteiger partial charge in [0, 0.05) is 24.0 Å². The standard InChI is InChI=1S/C14H13NO4/c1-2-11(14(18)19)9-3-5-10(6-4-9)15-12(16)7-8-13(15)17/h3-8,11H,2H2,1H3,(H,18,19)/p-1. The molecule has 19 heavy (non-hydrogen) atoms. The fraction of sp³-hybridized carbons (Fsp3) is 0.214. The summed E-state index contributed by atoms with van der Waals surface area (Å²) in [7, 11) is 0. The Morgan fingerprint density at radius 3 is 2.11 bits per heavy atom. The molecule has 1 aromatic rings. The number of aliphatic carboxylic acids is 1. The fourth-order valence-electron chi connectivity index (χ4n) is 2.05. The van der Waals surface area contributed by atoms with Gasteiger partial charge in [-0.3, -0.25) is 9.59 Å². The van der Waals surface area contributed by atoms with Gasteiger partial charge < -0.3 is 9.90 Å². The van der Waals surface area contributed by atoms with E-state index in [0.717, 1.165) is 4.90 Å². The first-order valence-electron chi connectivity index (χ1n) is 5.91. The van der Waals surface area contributed by atoms with Crippen LogP contribution in [0.5, 0.6) is 0 Å². The molecule has 0 radical (unpaired) electrons. The molecular formula is C14H12NO4-. The first-order valence-corrected chi connectivity index (χ1v) is 5.91. The molecule has 1 atom stereocenters. The van der Waals surface area contributed by atoms with Crippen LogP contribution in [0.2, 0.25) is 0 Å². The lowest BCUT2D eigenvalue weighted by molar-refractivity contribution is -0.308. The number of anilines is 1. The number of carbonyl (C=O) groups excluding carboxylic acids is 3. The van der Waals surface area contributed by atoms with Crippen LogP contribution in [0.3, 0.4) is 0 Å². The molecule has 1 unspecified atom stereocenters. The van der Waals surface area contributed by atoms with Crippen LogP contribution in [0, 0.1) is 0 Å². The number of imide groups is 1. The van der Waals surface area contributed by atoms with E-state index in [-0.39, 0.29) is 0 Å². The van der Waals surface area contributed by atoms with Gasteiger partial charge in [0.1, 0.15) is 0 Å². The van der Waals surface area contributed by atoms with E-state index in [2.05, 4.69) is 0 Å². The number of hydrogen-bond donors (Lipinski definition) is 0. The molecule has 1 aliphatic heterocycles. The van der Waals surface area contributed by atoms with Crippen molar-refractivity contribution in [3.05, 3.63) is 42.0 Å². The van der Waals surface area contributed by atoms with Crippen LogP contribution in [0.25, 0.3) is 0 Å². The lowest BCUT2D eigenvalue weighted by Crippen LogP contribution is -2.30. The smallest absolute Gasteiger partial charge is 0.258 e. The van der Waals surface area contributed by atoms with E-state index in [1.807, 2.05) is 0 Å². The second-order valence-corrected chi connectivity index (χ2v) is 4.22. The summed E-state index contributed by atoms with van der Waals surface area (Å²) < 4.78 is 0. The average Bonchev–Trinajstić information content (AvgIpc) is 2.71. The van der Waals surface area contributed by atoms with E-state index < -0.39 is 23.7 Å². The maximum atomic E-state index is 11.5. The van der Waals surface area contributed by atoms with E-state index in [9.17, 15) is 19.5 Å². The van der Waals surface area contributed by atoms with Crippen LogP contribution < -0.4 is 10.0 Å². The third-order valence-electron chi connectivity index (χ3n) is 3.06. The highest BCUT2D eigenvalue weighted by atomic mass is 16.4. The first kappa shape index (κ1) is 13.0. The van der Waals surface area contributed by atoms with Gasteiger partial charge in [0.2, 0.25) is 0 Å². The molecule has 0 bridgehead atoms.